The highest BCUT2D eigenvalue weighted by atomic mass is 19.1. The first kappa shape index (κ1) is 35.2. The molecule has 252 valence electrons. The number of nitrogens with zero attached hydrogens (tertiary/aromatic N) is 2. The van der Waals surface area contributed by atoms with E-state index in [1.165, 1.54) is 17.0 Å². The van der Waals surface area contributed by atoms with E-state index < -0.39 is 12.1 Å². The summed E-state index contributed by atoms with van der Waals surface area (Å²) in [5.74, 6) is 0.747. The van der Waals surface area contributed by atoms with Gasteiger partial charge in [0, 0.05) is 39.5 Å². The fourth-order valence-electron chi connectivity index (χ4n) is 5.40. The molecule has 0 saturated carbocycles. The quantitative estimate of drug-likeness (QED) is 0.360. The number of hydrogen-bond donors (Lipinski definition) is 2. The largest absolute Gasteiger partial charge is 0.497 e. The Morgan fingerprint density at radius 2 is 1.53 bits per heavy atom. The van der Waals surface area contributed by atoms with E-state index in [0.717, 1.165) is 16.7 Å². The van der Waals surface area contributed by atoms with Crippen molar-refractivity contribution in [2.45, 2.75) is 57.8 Å². The first-order valence-corrected chi connectivity index (χ1v) is 15.9. The Morgan fingerprint density at radius 3 is 2.23 bits per heavy atom. The third-order valence-electron chi connectivity index (χ3n) is 8.31. The number of carbonyl (C=O) groups excluding carboxylic acids is 3. The predicted octanol–water partition coefficient (Wildman–Crippen LogP) is 4.10. The van der Waals surface area contributed by atoms with Gasteiger partial charge >= 0.3 is 0 Å². The van der Waals surface area contributed by atoms with Crippen LogP contribution in [0.1, 0.15) is 42.9 Å². The number of ether oxygens (including phenoxy) is 3. The lowest BCUT2D eigenvalue weighted by atomic mass is 10.0. The molecule has 4 rings (SSSR count). The molecule has 3 amide bonds. The van der Waals surface area contributed by atoms with Gasteiger partial charge < -0.3 is 29.7 Å². The summed E-state index contributed by atoms with van der Waals surface area (Å²) in [7, 11) is 4.75. The zero-order chi connectivity index (χ0) is 33.8. The molecule has 11 heteroatoms. The first-order valence-electron chi connectivity index (χ1n) is 15.9. The minimum Gasteiger partial charge on any atom is -0.497 e. The summed E-state index contributed by atoms with van der Waals surface area (Å²) >= 11 is 0. The number of hydrogen-bond acceptors (Lipinski definition) is 7. The molecule has 2 N–H and O–H groups in total. The fourth-order valence-corrected chi connectivity index (χ4v) is 5.40. The van der Waals surface area contributed by atoms with Crippen molar-refractivity contribution < 1.29 is 33.0 Å². The van der Waals surface area contributed by atoms with Crippen molar-refractivity contribution in [2.24, 2.45) is 0 Å². The first-order chi connectivity index (χ1) is 22.7. The zero-order valence-corrected chi connectivity index (χ0v) is 27.6. The summed E-state index contributed by atoms with van der Waals surface area (Å²) in [4.78, 5) is 43.3. The Morgan fingerprint density at radius 1 is 0.851 bits per heavy atom. The van der Waals surface area contributed by atoms with Crippen LogP contribution < -0.4 is 24.8 Å². The Balaban J connectivity index is 1.46. The molecule has 1 fully saturated rings. The molecule has 2 atom stereocenters. The summed E-state index contributed by atoms with van der Waals surface area (Å²) in [6.07, 6.45) is 1.79. The third kappa shape index (κ3) is 10.4. The second-order valence-corrected chi connectivity index (χ2v) is 11.7. The van der Waals surface area contributed by atoms with E-state index >= 15 is 0 Å². The van der Waals surface area contributed by atoms with E-state index in [2.05, 4.69) is 15.5 Å². The number of methoxy groups -OCH3 is 2. The maximum atomic E-state index is 13.5. The van der Waals surface area contributed by atoms with Gasteiger partial charge in [-0.05, 0) is 79.4 Å². The van der Waals surface area contributed by atoms with Crippen LogP contribution in [0.4, 0.5) is 4.39 Å². The highest BCUT2D eigenvalue weighted by Gasteiger charge is 2.30. The molecule has 0 bridgehead atoms. The van der Waals surface area contributed by atoms with E-state index in [4.69, 9.17) is 14.2 Å². The lowest BCUT2D eigenvalue weighted by molar-refractivity contribution is -0.141. The number of likely N-dealkylation sites (N-methyl/N-ethyl adjacent to an activating group) is 1. The normalized spacial score (nSPS) is 18.8. The van der Waals surface area contributed by atoms with Crippen LogP contribution in [0, 0.1) is 5.82 Å². The summed E-state index contributed by atoms with van der Waals surface area (Å²) in [5, 5.41) is 5.89. The van der Waals surface area contributed by atoms with E-state index in [9.17, 15) is 18.8 Å². The van der Waals surface area contributed by atoms with E-state index in [-0.39, 0.29) is 43.0 Å². The van der Waals surface area contributed by atoms with Crippen LogP contribution in [0.25, 0.3) is 0 Å². The van der Waals surface area contributed by atoms with Gasteiger partial charge in [0.05, 0.1) is 14.2 Å². The summed E-state index contributed by atoms with van der Waals surface area (Å²) < 4.78 is 30.1. The molecule has 0 spiro atoms. The van der Waals surface area contributed by atoms with Crippen LogP contribution in [0.15, 0.2) is 66.7 Å². The number of rotatable bonds is 9. The monoisotopic (exact) mass is 648 g/mol. The van der Waals surface area contributed by atoms with Gasteiger partial charge in [-0.25, -0.2) is 4.39 Å². The molecule has 47 heavy (non-hydrogen) atoms. The van der Waals surface area contributed by atoms with Gasteiger partial charge in [-0.1, -0.05) is 30.3 Å². The van der Waals surface area contributed by atoms with Crippen LogP contribution in [0.3, 0.4) is 0 Å². The number of carbonyl (C=O) groups is 3. The summed E-state index contributed by atoms with van der Waals surface area (Å²) in [6, 6.07) is 17.7. The van der Waals surface area contributed by atoms with E-state index in [1.807, 2.05) is 42.5 Å². The average molecular weight is 649 g/mol. The molecule has 0 aliphatic carbocycles. The Kier molecular flexibility index (Phi) is 13.0. The minimum absolute atomic E-state index is 0.224. The van der Waals surface area contributed by atoms with Gasteiger partial charge in [-0.15, -0.1) is 0 Å². The number of nitrogens with one attached hydrogen (secondary N) is 2. The van der Waals surface area contributed by atoms with Gasteiger partial charge in [0.2, 0.25) is 17.7 Å². The average Bonchev–Trinajstić information content (AvgIpc) is 3.08. The molecule has 3 aromatic carbocycles. The second kappa shape index (κ2) is 17.3. The lowest BCUT2D eigenvalue weighted by Gasteiger charge is -2.29. The zero-order valence-electron chi connectivity index (χ0n) is 27.6. The second-order valence-electron chi connectivity index (χ2n) is 11.7. The molecule has 0 radical (unpaired) electrons. The topological polar surface area (TPSA) is 109 Å². The van der Waals surface area contributed by atoms with E-state index in [0.29, 0.717) is 56.3 Å². The van der Waals surface area contributed by atoms with Crippen LogP contribution in [-0.4, -0.2) is 80.5 Å². The van der Waals surface area contributed by atoms with Gasteiger partial charge in [-0.2, -0.15) is 0 Å². The molecule has 10 nitrogen and oxygen atoms in total. The molecule has 3 aromatic rings. The molecular formula is C36H45FN4O6. The van der Waals surface area contributed by atoms with Crippen LogP contribution in [0.2, 0.25) is 0 Å². The van der Waals surface area contributed by atoms with E-state index in [1.54, 1.807) is 40.3 Å². The van der Waals surface area contributed by atoms with Gasteiger partial charge in [0.1, 0.15) is 30.3 Å². The smallest absolute Gasteiger partial charge is 0.245 e. The summed E-state index contributed by atoms with van der Waals surface area (Å²) in [5.41, 5.74) is 2.68. The maximum absolute atomic E-state index is 13.5. The number of halogens is 1. The van der Waals surface area contributed by atoms with Crippen molar-refractivity contribution in [1.29, 1.82) is 0 Å². The Labute approximate surface area is 276 Å². The molecule has 1 saturated heterocycles. The Bertz CT molecular complexity index is 1480. The molecule has 0 aromatic heterocycles. The van der Waals surface area contributed by atoms with Crippen LogP contribution >= 0.6 is 0 Å². The van der Waals surface area contributed by atoms with Crippen molar-refractivity contribution in [3.63, 3.8) is 0 Å². The third-order valence-corrected chi connectivity index (χ3v) is 8.31. The van der Waals surface area contributed by atoms with Gasteiger partial charge in [-0.3, -0.25) is 19.3 Å². The highest BCUT2D eigenvalue weighted by molar-refractivity contribution is 5.92. The number of benzene rings is 3. The molecule has 0 unspecified atom stereocenters. The number of amides is 3. The lowest BCUT2D eigenvalue weighted by Crippen LogP contribution is -2.54. The van der Waals surface area contributed by atoms with Crippen molar-refractivity contribution in [3.05, 3.63) is 89.2 Å². The molecular weight excluding hydrogens is 603 g/mol. The maximum Gasteiger partial charge on any atom is 0.245 e. The molecule has 1 heterocycles. The minimum atomic E-state index is -0.829. The highest BCUT2D eigenvalue weighted by Crippen LogP contribution is 2.29. The van der Waals surface area contributed by atoms with Crippen molar-refractivity contribution in [2.75, 3.05) is 40.9 Å². The standard InChI is InChI=1S/C36H45FN4O6/c1-25-35(43)38-18-6-20-41(23-28-12-17-32(46-4)33(22-28)47-24-27-8-13-29(37)14-9-27)19-5-7-34(42)39-31(36(44)40(25)2)21-26-10-15-30(45-3)16-11-26/h8-17,22,25,31H,5-7,18-21,23-24H2,1-4H3,(H,38,43)(H,39,42)/t25-,31-/m0/s1. The molecule has 1 aliphatic rings. The predicted molar refractivity (Wildman–Crippen MR) is 177 cm³/mol. The van der Waals surface area contributed by atoms with Crippen molar-refractivity contribution in [1.82, 2.24) is 20.4 Å². The van der Waals surface area contributed by atoms with Gasteiger partial charge in [0.25, 0.3) is 0 Å². The van der Waals surface area contributed by atoms with Crippen molar-refractivity contribution >= 4 is 17.7 Å². The van der Waals surface area contributed by atoms with Gasteiger partial charge in [0.15, 0.2) is 11.5 Å². The SMILES string of the molecule is COc1ccc(C[C@@H]2NC(=O)CCCN(Cc3ccc(OC)c(OCc4ccc(F)cc4)c3)CCCNC(=O)[C@H](C)N(C)C2=O)cc1. The van der Waals surface area contributed by atoms with Crippen LogP contribution in [0.5, 0.6) is 17.2 Å². The van der Waals surface area contributed by atoms with Crippen molar-refractivity contribution in [3.8, 4) is 17.2 Å². The Hall–Kier alpha value is -4.64. The van der Waals surface area contributed by atoms with Crippen LogP contribution in [-0.2, 0) is 34.0 Å². The summed E-state index contributed by atoms with van der Waals surface area (Å²) in [6.45, 7) is 4.29. The fraction of sp³-hybridized carbons (Fsp3) is 0.417. The molecule has 1 aliphatic heterocycles.